The summed E-state index contributed by atoms with van der Waals surface area (Å²) in [5, 5.41) is 2.85. The summed E-state index contributed by atoms with van der Waals surface area (Å²) in [5.41, 5.74) is 0.0906. The number of nitrogens with one attached hydrogen (secondary N) is 1. The Kier molecular flexibility index (Phi) is 3.45. The molecule has 0 bridgehead atoms. The number of nitrogens with zero attached hydrogens (tertiary/aromatic N) is 2. The molecule has 0 aliphatic heterocycles. The van der Waals surface area contributed by atoms with Crippen LogP contribution in [0, 0.1) is 17.5 Å². The Balaban J connectivity index is 2.48. The summed E-state index contributed by atoms with van der Waals surface area (Å²) >= 11 is 0. The second-order valence-corrected chi connectivity index (χ2v) is 3.54. The largest absolute Gasteiger partial charge is 0.354 e. The minimum Gasteiger partial charge on any atom is -0.354 e. The highest BCUT2D eigenvalue weighted by Crippen LogP contribution is 2.23. The van der Waals surface area contributed by atoms with Crippen molar-refractivity contribution in [2.45, 2.75) is 6.92 Å². The molecule has 6 heteroatoms. The van der Waals surface area contributed by atoms with E-state index in [9.17, 15) is 13.2 Å². The molecule has 0 amide bonds. The molecular formula is C12H10F3N3. The van der Waals surface area contributed by atoms with Crippen LogP contribution in [0.15, 0.2) is 24.4 Å². The molecule has 2 rings (SSSR count). The lowest BCUT2D eigenvalue weighted by atomic mass is 10.1. The highest BCUT2D eigenvalue weighted by atomic mass is 19.2. The molecular weight excluding hydrogens is 243 g/mol. The Hall–Kier alpha value is -2.11. The number of rotatable bonds is 3. The molecule has 0 aliphatic rings. The van der Waals surface area contributed by atoms with E-state index in [1.165, 1.54) is 12.3 Å². The summed E-state index contributed by atoms with van der Waals surface area (Å²) in [5.74, 6) is -2.90. The van der Waals surface area contributed by atoms with Gasteiger partial charge in [0.1, 0.15) is 5.82 Å². The highest BCUT2D eigenvalue weighted by molar-refractivity contribution is 5.60. The van der Waals surface area contributed by atoms with Gasteiger partial charge in [0.2, 0.25) is 5.95 Å². The molecule has 18 heavy (non-hydrogen) atoms. The van der Waals surface area contributed by atoms with Gasteiger partial charge in [-0.05, 0) is 19.1 Å². The summed E-state index contributed by atoms with van der Waals surface area (Å²) in [7, 11) is 0. The Morgan fingerprint density at radius 1 is 1.11 bits per heavy atom. The second-order valence-electron chi connectivity index (χ2n) is 3.54. The van der Waals surface area contributed by atoms with Crippen LogP contribution in [0.2, 0.25) is 0 Å². The molecule has 0 aliphatic carbocycles. The minimum atomic E-state index is -1.22. The van der Waals surface area contributed by atoms with E-state index in [0.29, 0.717) is 18.6 Å². The van der Waals surface area contributed by atoms with Crippen LogP contribution in [0.25, 0.3) is 11.3 Å². The maximum absolute atomic E-state index is 13.5. The number of aromatic nitrogens is 2. The topological polar surface area (TPSA) is 37.8 Å². The summed E-state index contributed by atoms with van der Waals surface area (Å²) in [6.07, 6.45) is 1.42. The van der Waals surface area contributed by atoms with Crippen molar-refractivity contribution in [2.24, 2.45) is 0 Å². The summed E-state index contributed by atoms with van der Waals surface area (Å²) in [6, 6.07) is 2.71. The first-order chi connectivity index (χ1) is 8.61. The average molecular weight is 253 g/mol. The van der Waals surface area contributed by atoms with Crippen molar-refractivity contribution in [3.05, 3.63) is 41.8 Å². The molecule has 0 spiro atoms. The van der Waals surface area contributed by atoms with Gasteiger partial charge in [-0.15, -0.1) is 0 Å². The van der Waals surface area contributed by atoms with Crippen molar-refractivity contribution in [3.63, 3.8) is 0 Å². The van der Waals surface area contributed by atoms with Crippen molar-refractivity contribution in [1.82, 2.24) is 9.97 Å². The molecule has 2 aromatic rings. The highest BCUT2D eigenvalue weighted by Gasteiger charge is 2.13. The van der Waals surface area contributed by atoms with Gasteiger partial charge in [0.05, 0.1) is 5.69 Å². The van der Waals surface area contributed by atoms with Crippen molar-refractivity contribution in [1.29, 1.82) is 0 Å². The smallest absolute Gasteiger partial charge is 0.223 e. The first-order valence-corrected chi connectivity index (χ1v) is 5.33. The van der Waals surface area contributed by atoms with Crippen LogP contribution in [-0.2, 0) is 0 Å². The number of hydrogen-bond acceptors (Lipinski definition) is 3. The van der Waals surface area contributed by atoms with Crippen LogP contribution in [0.3, 0.4) is 0 Å². The molecule has 1 aromatic carbocycles. The van der Waals surface area contributed by atoms with Crippen LogP contribution < -0.4 is 5.32 Å². The standard InChI is InChI=1S/C12H10F3N3/c1-2-16-12-17-4-3-11(18-12)7-5-9(14)10(15)6-8(7)13/h3-6H,2H2,1H3,(H,16,17,18). The molecule has 0 fully saturated rings. The van der Waals surface area contributed by atoms with Crippen LogP contribution in [-0.4, -0.2) is 16.5 Å². The maximum atomic E-state index is 13.5. The Morgan fingerprint density at radius 3 is 2.56 bits per heavy atom. The fourth-order valence-corrected chi connectivity index (χ4v) is 1.47. The third-order valence-corrected chi connectivity index (χ3v) is 2.28. The second kappa shape index (κ2) is 5.03. The number of hydrogen-bond donors (Lipinski definition) is 1. The van der Waals surface area contributed by atoms with Crippen LogP contribution in [0.4, 0.5) is 19.1 Å². The van der Waals surface area contributed by atoms with Gasteiger partial charge < -0.3 is 5.32 Å². The number of anilines is 1. The molecule has 0 saturated carbocycles. The van der Waals surface area contributed by atoms with Gasteiger partial charge >= 0.3 is 0 Å². The van der Waals surface area contributed by atoms with Crippen molar-refractivity contribution >= 4 is 5.95 Å². The van der Waals surface area contributed by atoms with E-state index in [-0.39, 0.29) is 11.3 Å². The Bertz CT molecular complexity index is 572. The lowest BCUT2D eigenvalue weighted by molar-refractivity contribution is 0.496. The predicted octanol–water partition coefficient (Wildman–Crippen LogP) is 2.99. The lowest BCUT2D eigenvalue weighted by Crippen LogP contribution is -2.03. The van der Waals surface area contributed by atoms with Crippen LogP contribution in [0.1, 0.15) is 6.92 Å². The number of halogens is 3. The third-order valence-electron chi connectivity index (χ3n) is 2.28. The Labute approximate surface area is 102 Å². The summed E-state index contributed by atoms with van der Waals surface area (Å²) in [6.45, 7) is 2.46. The van der Waals surface area contributed by atoms with Gasteiger partial charge in [0.15, 0.2) is 11.6 Å². The fraction of sp³-hybridized carbons (Fsp3) is 0.167. The molecule has 1 heterocycles. The third kappa shape index (κ3) is 2.42. The zero-order valence-electron chi connectivity index (χ0n) is 9.54. The quantitative estimate of drug-likeness (QED) is 0.854. The molecule has 1 N–H and O–H groups in total. The zero-order chi connectivity index (χ0) is 13.1. The van der Waals surface area contributed by atoms with Gasteiger partial charge in [-0.3, -0.25) is 0 Å². The normalized spacial score (nSPS) is 10.4. The average Bonchev–Trinajstić information content (AvgIpc) is 2.34. The molecule has 0 saturated heterocycles. The monoisotopic (exact) mass is 253 g/mol. The van der Waals surface area contributed by atoms with Gasteiger partial charge in [-0.1, -0.05) is 0 Å². The van der Waals surface area contributed by atoms with Gasteiger partial charge in [0, 0.05) is 24.4 Å². The lowest BCUT2D eigenvalue weighted by Gasteiger charge is -2.06. The molecule has 0 radical (unpaired) electrons. The van der Waals surface area contributed by atoms with Crippen molar-refractivity contribution < 1.29 is 13.2 Å². The molecule has 3 nitrogen and oxygen atoms in total. The molecule has 94 valence electrons. The first kappa shape index (κ1) is 12.3. The van der Waals surface area contributed by atoms with E-state index < -0.39 is 17.5 Å². The van der Waals surface area contributed by atoms with Gasteiger partial charge in [0.25, 0.3) is 0 Å². The molecule has 1 aromatic heterocycles. The van der Waals surface area contributed by atoms with Crippen molar-refractivity contribution in [2.75, 3.05) is 11.9 Å². The molecule has 0 unspecified atom stereocenters. The van der Waals surface area contributed by atoms with E-state index in [1.54, 1.807) is 0 Å². The summed E-state index contributed by atoms with van der Waals surface area (Å²) < 4.78 is 39.5. The number of benzene rings is 1. The first-order valence-electron chi connectivity index (χ1n) is 5.33. The minimum absolute atomic E-state index is 0.101. The Morgan fingerprint density at radius 2 is 1.83 bits per heavy atom. The van der Waals surface area contributed by atoms with Gasteiger partial charge in [-0.25, -0.2) is 23.1 Å². The van der Waals surface area contributed by atoms with E-state index in [0.717, 1.165) is 6.07 Å². The van der Waals surface area contributed by atoms with E-state index in [1.807, 2.05) is 6.92 Å². The maximum Gasteiger partial charge on any atom is 0.223 e. The molecule has 0 atom stereocenters. The van der Waals surface area contributed by atoms with E-state index in [4.69, 9.17) is 0 Å². The van der Waals surface area contributed by atoms with Crippen LogP contribution in [0.5, 0.6) is 0 Å². The van der Waals surface area contributed by atoms with Crippen LogP contribution >= 0.6 is 0 Å². The fourth-order valence-electron chi connectivity index (χ4n) is 1.47. The predicted molar refractivity (Wildman–Crippen MR) is 61.5 cm³/mol. The van der Waals surface area contributed by atoms with E-state index >= 15 is 0 Å². The van der Waals surface area contributed by atoms with E-state index in [2.05, 4.69) is 15.3 Å². The summed E-state index contributed by atoms with van der Waals surface area (Å²) in [4.78, 5) is 7.92. The zero-order valence-corrected chi connectivity index (χ0v) is 9.54. The van der Waals surface area contributed by atoms with Gasteiger partial charge in [-0.2, -0.15) is 0 Å². The van der Waals surface area contributed by atoms with Crippen molar-refractivity contribution in [3.8, 4) is 11.3 Å². The SMILES string of the molecule is CCNc1nccc(-c2cc(F)c(F)cc2F)n1.